The van der Waals surface area contributed by atoms with E-state index in [4.69, 9.17) is 0 Å². The Labute approximate surface area is 146 Å². The van der Waals surface area contributed by atoms with E-state index in [0.29, 0.717) is 17.8 Å². The number of aryl methyl sites for hydroxylation is 2. The molecule has 2 heterocycles. The standard InChI is InChI=1S/C17H16F3N3OS/c1-10-13-9-14(25-16(13)23(2)22-10)15(24)21-8-7-11-3-5-12(6-4-11)17(18,19)20/h3-6,9H,7-8H2,1-2H3,(H,21,24). The Bertz CT molecular complexity index is 875. The van der Waals surface area contributed by atoms with Gasteiger partial charge in [0.2, 0.25) is 0 Å². The Kier molecular flexibility index (Phi) is 4.55. The van der Waals surface area contributed by atoms with Gasteiger partial charge in [0, 0.05) is 19.0 Å². The van der Waals surface area contributed by atoms with E-state index >= 15 is 0 Å². The van der Waals surface area contributed by atoms with Gasteiger partial charge in [-0.3, -0.25) is 9.48 Å². The van der Waals surface area contributed by atoms with Crippen LogP contribution < -0.4 is 5.32 Å². The molecule has 4 nitrogen and oxygen atoms in total. The van der Waals surface area contributed by atoms with Crippen molar-refractivity contribution >= 4 is 27.5 Å². The average molecular weight is 367 g/mol. The van der Waals surface area contributed by atoms with E-state index in [2.05, 4.69) is 10.4 Å². The van der Waals surface area contributed by atoms with Crippen LogP contribution in [-0.2, 0) is 19.6 Å². The average Bonchev–Trinajstić information content (AvgIpc) is 3.09. The quantitative estimate of drug-likeness (QED) is 0.759. The van der Waals surface area contributed by atoms with Crippen molar-refractivity contribution in [3.63, 3.8) is 0 Å². The lowest BCUT2D eigenvalue weighted by molar-refractivity contribution is -0.137. The van der Waals surface area contributed by atoms with Gasteiger partial charge in [0.1, 0.15) is 4.83 Å². The Balaban J connectivity index is 1.59. The van der Waals surface area contributed by atoms with E-state index in [-0.39, 0.29) is 5.91 Å². The zero-order valence-corrected chi connectivity index (χ0v) is 14.5. The first-order valence-electron chi connectivity index (χ1n) is 7.63. The highest BCUT2D eigenvalue weighted by Crippen LogP contribution is 2.29. The van der Waals surface area contributed by atoms with Gasteiger partial charge in [-0.2, -0.15) is 18.3 Å². The van der Waals surface area contributed by atoms with Crippen LogP contribution in [-0.4, -0.2) is 22.2 Å². The van der Waals surface area contributed by atoms with Crippen molar-refractivity contribution in [2.45, 2.75) is 19.5 Å². The molecular weight excluding hydrogens is 351 g/mol. The molecule has 3 aromatic rings. The van der Waals surface area contributed by atoms with Gasteiger partial charge in [0.15, 0.2) is 0 Å². The summed E-state index contributed by atoms with van der Waals surface area (Å²) in [4.78, 5) is 13.8. The molecule has 1 N–H and O–H groups in total. The molecule has 3 rings (SSSR count). The fourth-order valence-electron chi connectivity index (χ4n) is 2.59. The summed E-state index contributed by atoms with van der Waals surface area (Å²) < 4.78 is 39.3. The number of alkyl halides is 3. The largest absolute Gasteiger partial charge is 0.416 e. The first-order valence-corrected chi connectivity index (χ1v) is 8.45. The minimum atomic E-state index is -4.33. The van der Waals surface area contributed by atoms with E-state index in [1.807, 2.05) is 20.0 Å². The second-order valence-electron chi connectivity index (χ2n) is 5.74. The molecule has 0 bridgehead atoms. The number of fused-ring (bicyclic) bond motifs is 1. The van der Waals surface area contributed by atoms with Gasteiger partial charge >= 0.3 is 6.18 Å². The summed E-state index contributed by atoms with van der Waals surface area (Å²) in [6, 6.07) is 6.79. The lowest BCUT2D eigenvalue weighted by Crippen LogP contribution is -2.24. The maximum absolute atomic E-state index is 12.5. The normalized spacial score (nSPS) is 11.9. The second-order valence-corrected chi connectivity index (χ2v) is 6.77. The number of carbonyl (C=O) groups excluding carboxylic acids is 1. The highest BCUT2D eigenvalue weighted by molar-refractivity contribution is 7.20. The van der Waals surface area contributed by atoms with Crippen molar-refractivity contribution in [2.24, 2.45) is 7.05 Å². The van der Waals surface area contributed by atoms with Crippen molar-refractivity contribution in [3.05, 3.63) is 52.0 Å². The lowest BCUT2D eigenvalue weighted by atomic mass is 10.1. The molecule has 0 fully saturated rings. The van der Waals surface area contributed by atoms with E-state index in [9.17, 15) is 18.0 Å². The number of hydrogen-bond acceptors (Lipinski definition) is 3. The van der Waals surface area contributed by atoms with Crippen LogP contribution in [0.25, 0.3) is 10.2 Å². The Morgan fingerprint density at radius 2 is 1.96 bits per heavy atom. The molecule has 0 atom stereocenters. The zero-order chi connectivity index (χ0) is 18.2. The zero-order valence-electron chi connectivity index (χ0n) is 13.6. The number of thiophene rings is 1. The van der Waals surface area contributed by atoms with Crippen molar-refractivity contribution in [3.8, 4) is 0 Å². The van der Waals surface area contributed by atoms with E-state index in [0.717, 1.165) is 33.6 Å². The number of benzene rings is 1. The van der Waals surface area contributed by atoms with Crippen molar-refractivity contribution in [1.29, 1.82) is 0 Å². The van der Waals surface area contributed by atoms with Crippen LogP contribution in [0.4, 0.5) is 13.2 Å². The summed E-state index contributed by atoms with van der Waals surface area (Å²) in [5, 5.41) is 8.05. The number of nitrogens with zero attached hydrogens (tertiary/aromatic N) is 2. The molecule has 1 aromatic carbocycles. The molecule has 0 aliphatic carbocycles. The number of amides is 1. The minimum Gasteiger partial charge on any atom is -0.351 e. The smallest absolute Gasteiger partial charge is 0.351 e. The van der Waals surface area contributed by atoms with E-state index < -0.39 is 11.7 Å². The maximum atomic E-state index is 12.5. The number of nitrogens with one attached hydrogen (secondary N) is 1. The molecule has 8 heteroatoms. The molecule has 0 saturated heterocycles. The number of aromatic nitrogens is 2. The third-order valence-electron chi connectivity index (χ3n) is 3.90. The van der Waals surface area contributed by atoms with Gasteiger partial charge in [-0.1, -0.05) is 12.1 Å². The van der Waals surface area contributed by atoms with Crippen molar-refractivity contribution in [2.75, 3.05) is 6.54 Å². The van der Waals surface area contributed by atoms with Crippen LogP contribution >= 0.6 is 11.3 Å². The summed E-state index contributed by atoms with van der Waals surface area (Å²) in [5.41, 5.74) is 0.941. The first-order chi connectivity index (χ1) is 11.8. The molecule has 0 unspecified atom stereocenters. The summed E-state index contributed by atoms with van der Waals surface area (Å²) in [6.45, 7) is 2.25. The molecule has 0 aliphatic rings. The molecule has 0 aliphatic heterocycles. The molecule has 0 saturated carbocycles. The van der Waals surface area contributed by atoms with Gasteiger partial charge in [0.25, 0.3) is 5.91 Å². The summed E-state index contributed by atoms with van der Waals surface area (Å²) in [6.07, 6.45) is -3.86. The molecular formula is C17H16F3N3OS. The Hall–Kier alpha value is -2.35. The predicted octanol–water partition coefficient (Wildman–Crippen LogP) is 3.93. The van der Waals surface area contributed by atoms with Crippen LogP contribution in [0, 0.1) is 6.92 Å². The van der Waals surface area contributed by atoms with Crippen molar-refractivity contribution < 1.29 is 18.0 Å². The predicted molar refractivity (Wildman–Crippen MR) is 90.8 cm³/mol. The van der Waals surface area contributed by atoms with Gasteiger partial charge in [-0.05, 0) is 37.1 Å². The number of halogens is 3. The van der Waals surface area contributed by atoms with Gasteiger partial charge in [0.05, 0.1) is 16.1 Å². The number of hydrogen-bond donors (Lipinski definition) is 1. The highest BCUT2D eigenvalue weighted by Gasteiger charge is 2.29. The van der Waals surface area contributed by atoms with Gasteiger partial charge in [-0.25, -0.2) is 0 Å². The molecule has 2 aromatic heterocycles. The van der Waals surface area contributed by atoms with Crippen LogP contribution in [0.15, 0.2) is 30.3 Å². The van der Waals surface area contributed by atoms with Crippen LogP contribution in [0.1, 0.15) is 26.5 Å². The molecule has 25 heavy (non-hydrogen) atoms. The third kappa shape index (κ3) is 3.68. The molecule has 0 radical (unpaired) electrons. The van der Waals surface area contributed by atoms with Gasteiger partial charge in [-0.15, -0.1) is 11.3 Å². The number of rotatable bonds is 4. The molecule has 132 valence electrons. The van der Waals surface area contributed by atoms with Crippen LogP contribution in [0.3, 0.4) is 0 Å². The fraction of sp³-hybridized carbons (Fsp3) is 0.294. The lowest BCUT2D eigenvalue weighted by Gasteiger charge is -2.08. The maximum Gasteiger partial charge on any atom is 0.416 e. The first kappa shape index (κ1) is 17.5. The van der Waals surface area contributed by atoms with Crippen molar-refractivity contribution in [1.82, 2.24) is 15.1 Å². The third-order valence-corrected chi connectivity index (χ3v) is 5.10. The fourth-order valence-corrected chi connectivity index (χ4v) is 3.62. The Morgan fingerprint density at radius 1 is 1.28 bits per heavy atom. The SMILES string of the molecule is Cc1nn(C)c2sc(C(=O)NCCc3ccc(C(F)(F)F)cc3)cc12. The molecule has 0 spiro atoms. The summed E-state index contributed by atoms with van der Waals surface area (Å²) >= 11 is 1.37. The Morgan fingerprint density at radius 3 is 2.56 bits per heavy atom. The van der Waals surface area contributed by atoms with Crippen LogP contribution in [0.2, 0.25) is 0 Å². The highest BCUT2D eigenvalue weighted by atomic mass is 32.1. The summed E-state index contributed by atoms with van der Waals surface area (Å²) in [5.74, 6) is -0.187. The van der Waals surface area contributed by atoms with E-state index in [1.54, 1.807) is 4.68 Å². The van der Waals surface area contributed by atoms with E-state index in [1.165, 1.54) is 23.5 Å². The topological polar surface area (TPSA) is 46.9 Å². The van der Waals surface area contributed by atoms with Gasteiger partial charge < -0.3 is 5.32 Å². The minimum absolute atomic E-state index is 0.187. The summed E-state index contributed by atoms with van der Waals surface area (Å²) in [7, 11) is 1.83. The number of carbonyl (C=O) groups is 1. The second kappa shape index (κ2) is 6.51. The molecule has 1 amide bonds. The monoisotopic (exact) mass is 367 g/mol. The van der Waals surface area contributed by atoms with Crippen LogP contribution in [0.5, 0.6) is 0 Å².